The van der Waals surface area contributed by atoms with Crippen molar-refractivity contribution in [3.05, 3.63) is 23.3 Å². The van der Waals surface area contributed by atoms with Gasteiger partial charge < -0.3 is 0 Å². The zero-order chi connectivity index (χ0) is 11.1. The maximum atomic E-state index is 2.36. The van der Waals surface area contributed by atoms with E-state index in [2.05, 4.69) is 32.9 Å². The van der Waals surface area contributed by atoms with Gasteiger partial charge in [-0.25, -0.2) is 0 Å². The lowest BCUT2D eigenvalue weighted by atomic mass is 9.91. The van der Waals surface area contributed by atoms with Crippen molar-refractivity contribution in [3.8, 4) is 0 Å². The minimum Gasteiger partial charge on any atom is -0.0813 e. The molecule has 0 radical (unpaired) electrons. The third kappa shape index (κ3) is 5.81. The Morgan fingerprint density at radius 2 is 1.73 bits per heavy atom. The molecule has 0 saturated heterocycles. The lowest BCUT2D eigenvalue weighted by molar-refractivity contribution is 0.385. The molecule has 0 bridgehead atoms. The molecule has 2 aliphatic carbocycles. The Morgan fingerprint density at radius 1 is 1.07 bits per heavy atom. The predicted octanol–water partition coefficient (Wildman–Crippen LogP) is 5.26. The zero-order valence-corrected chi connectivity index (χ0v) is 10.7. The molecule has 0 aromatic rings. The summed E-state index contributed by atoms with van der Waals surface area (Å²) >= 11 is 0. The monoisotopic (exact) mass is 206 g/mol. The molecule has 0 unspecified atom stereocenters. The van der Waals surface area contributed by atoms with Gasteiger partial charge in [0.1, 0.15) is 0 Å². The summed E-state index contributed by atoms with van der Waals surface area (Å²) in [6.07, 6.45) is 14.5. The highest BCUT2D eigenvalue weighted by Crippen LogP contribution is 2.22. The zero-order valence-electron chi connectivity index (χ0n) is 10.7. The minimum atomic E-state index is 1.04. The summed E-state index contributed by atoms with van der Waals surface area (Å²) in [5, 5.41) is 0. The number of hydrogen-bond donors (Lipinski definition) is 0. The van der Waals surface area contributed by atoms with E-state index in [1.54, 1.807) is 0 Å². The maximum Gasteiger partial charge on any atom is -0.0285 e. The molecule has 2 rings (SSSR count). The fourth-order valence-corrected chi connectivity index (χ4v) is 2.35. The van der Waals surface area contributed by atoms with Crippen molar-refractivity contribution in [2.45, 2.75) is 65.7 Å². The van der Waals surface area contributed by atoms with E-state index in [9.17, 15) is 0 Å². The van der Waals surface area contributed by atoms with E-state index in [4.69, 9.17) is 0 Å². The van der Waals surface area contributed by atoms with Gasteiger partial charge in [-0.05, 0) is 32.6 Å². The van der Waals surface area contributed by atoms with Crippen molar-refractivity contribution >= 4 is 0 Å². The molecular formula is C15H26. The Bertz CT molecular complexity index is 226. The van der Waals surface area contributed by atoms with Gasteiger partial charge in [0.25, 0.3) is 0 Å². The van der Waals surface area contributed by atoms with Crippen LogP contribution in [0.25, 0.3) is 0 Å². The second-order valence-corrected chi connectivity index (χ2v) is 5.22. The third-order valence-electron chi connectivity index (χ3n) is 3.37. The van der Waals surface area contributed by atoms with Gasteiger partial charge in [0, 0.05) is 0 Å². The van der Waals surface area contributed by atoms with E-state index < -0.39 is 0 Å². The van der Waals surface area contributed by atoms with Crippen LogP contribution in [0, 0.1) is 5.92 Å². The van der Waals surface area contributed by atoms with Crippen molar-refractivity contribution in [2.24, 2.45) is 5.92 Å². The molecule has 0 heterocycles. The fraction of sp³-hybridized carbons (Fsp3) is 0.733. The van der Waals surface area contributed by atoms with Gasteiger partial charge in [-0.1, -0.05) is 62.3 Å². The topological polar surface area (TPSA) is 0 Å². The molecule has 2 aliphatic rings. The highest BCUT2D eigenvalue weighted by atomic mass is 14.1. The van der Waals surface area contributed by atoms with Gasteiger partial charge in [0.15, 0.2) is 0 Å². The van der Waals surface area contributed by atoms with Gasteiger partial charge in [0.05, 0.1) is 0 Å². The van der Waals surface area contributed by atoms with E-state index in [0.29, 0.717) is 0 Å². The molecule has 0 aliphatic heterocycles. The minimum absolute atomic E-state index is 1.04. The van der Waals surface area contributed by atoms with Gasteiger partial charge in [-0.2, -0.15) is 0 Å². The highest BCUT2D eigenvalue weighted by molar-refractivity contribution is 5.24. The summed E-state index contributed by atoms with van der Waals surface area (Å²) < 4.78 is 0. The Balaban J connectivity index is 0.000000151. The molecule has 0 nitrogen and oxygen atoms in total. The molecule has 0 atom stereocenters. The van der Waals surface area contributed by atoms with Gasteiger partial charge >= 0.3 is 0 Å². The summed E-state index contributed by atoms with van der Waals surface area (Å²) in [7, 11) is 0. The number of allylic oxidation sites excluding steroid dienone is 4. The average Bonchev–Trinajstić information content (AvgIpc) is 2.19. The molecule has 0 spiro atoms. The fourth-order valence-electron chi connectivity index (χ4n) is 2.35. The van der Waals surface area contributed by atoms with Gasteiger partial charge in [-0.3, -0.25) is 0 Å². The largest absolute Gasteiger partial charge is 0.0813 e. The molecule has 0 amide bonds. The molecular weight excluding hydrogens is 180 g/mol. The molecule has 15 heavy (non-hydrogen) atoms. The first kappa shape index (κ1) is 12.5. The summed E-state index contributed by atoms with van der Waals surface area (Å²) in [4.78, 5) is 0. The number of rotatable bonds is 0. The van der Waals surface area contributed by atoms with E-state index in [1.807, 2.05) is 0 Å². The van der Waals surface area contributed by atoms with E-state index >= 15 is 0 Å². The molecule has 1 fully saturated rings. The molecule has 0 aromatic heterocycles. The third-order valence-corrected chi connectivity index (χ3v) is 3.37. The summed E-state index contributed by atoms with van der Waals surface area (Å²) in [5.74, 6) is 1.04. The van der Waals surface area contributed by atoms with E-state index in [-0.39, 0.29) is 0 Å². The van der Waals surface area contributed by atoms with E-state index in [1.165, 1.54) is 56.1 Å². The second-order valence-electron chi connectivity index (χ2n) is 5.22. The van der Waals surface area contributed by atoms with Gasteiger partial charge in [0.2, 0.25) is 0 Å². The number of hydrogen-bond acceptors (Lipinski definition) is 0. The van der Waals surface area contributed by atoms with Crippen LogP contribution in [0.15, 0.2) is 23.3 Å². The molecule has 0 heteroatoms. The summed E-state index contributed by atoms with van der Waals surface area (Å²) in [6, 6.07) is 0. The highest BCUT2D eigenvalue weighted by Gasteiger charge is 2.05. The van der Waals surface area contributed by atoms with Crippen molar-refractivity contribution in [3.63, 3.8) is 0 Å². The summed E-state index contributed by atoms with van der Waals surface area (Å²) in [6.45, 7) is 6.71. The van der Waals surface area contributed by atoms with Crippen LogP contribution in [0.3, 0.4) is 0 Å². The van der Waals surface area contributed by atoms with Crippen LogP contribution in [0.4, 0.5) is 0 Å². The molecule has 1 saturated carbocycles. The standard InChI is InChI=1S/C8H12.C7H14/c1-7-4-3-5-8(2)6-7;1-7-5-3-2-4-6-7/h4,6H,3,5H2,1-2H3;7H,2-6H2,1H3. The molecule has 86 valence electrons. The summed E-state index contributed by atoms with van der Waals surface area (Å²) in [5.41, 5.74) is 2.94. The first-order valence-electron chi connectivity index (χ1n) is 6.52. The van der Waals surface area contributed by atoms with Crippen LogP contribution >= 0.6 is 0 Å². The van der Waals surface area contributed by atoms with Crippen molar-refractivity contribution < 1.29 is 0 Å². The van der Waals surface area contributed by atoms with Crippen LogP contribution < -0.4 is 0 Å². The van der Waals surface area contributed by atoms with Crippen molar-refractivity contribution in [1.82, 2.24) is 0 Å². The van der Waals surface area contributed by atoms with Crippen LogP contribution in [0.5, 0.6) is 0 Å². The van der Waals surface area contributed by atoms with Crippen molar-refractivity contribution in [2.75, 3.05) is 0 Å². The quantitative estimate of drug-likeness (QED) is 0.507. The smallest absolute Gasteiger partial charge is 0.0285 e. The van der Waals surface area contributed by atoms with Crippen LogP contribution in [0.2, 0.25) is 0 Å². The average molecular weight is 206 g/mol. The first-order valence-corrected chi connectivity index (χ1v) is 6.52. The lowest BCUT2D eigenvalue weighted by Gasteiger charge is -2.15. The maximum absolute atomic E-state index is 2.36. The first-order chi connectivity index (χ1) is 7.18. The van der Waals surface area contributed by atoms with Crippen LogP contribution in [0.1, 0.15) is 65.7 Å². The van der Waals surface area contributed by atoms with Crippen LogP contribution in [-0.2, 0) is 0 Å². The SMILES string of the molecule is CC1=CCCC(C)=C1.CC1CCCCC1. The predicted molar refractivity (Wildman–Crippen MR) is 69.0 cm³/mol. The second kappa shape index (κ2) is 6.87. The van der Waals surface area contributed by atoms with Gasteiger partial charge in [-0.15, -0.1) is 0 Å². The van der Waals surface area contributed by atoms with E-state index in [0.717, 1.165) is 5.92 Å². The van der Waals surface area contributed by atoms with Crippen LogP contribution in [-0.4, -0.2) is 0 Å². The Morgan fingerprint density at radius 3 is 2.07 bits per heavy atom. The Kier molecular flexibility index (Phi) is 5.75. The Labute approximate surface area is 95.5 Å². The van der Waals surface area contributed by atoms with Crippen molar-refractivity contribution in [1.29, 1.82) is 0 Å². The Hall–Kier alpha value is -0.520. The lowest BCUT2D eigenvalue weighted by Crippen LogP contribution is -1.99. The molecule has 0 N–H and O–H groups in total. The molecule has 0 aromatic carbocycles. The normalized spacial score (nSPS) is 22.3.